The van der Waals surface area contributed by atoms with Crippen molar-refractivity contribution in [2.24, 2.45) is 11.8 Å². The first-order valence-electron chi connectivity index (χ1n) is 13.5. The van der Waals surface area contributed by atoms with Crippen molar-refractivity contribution in [3.05, 3.63) is 34.9 Å². The number of nitrogens with one attached hydrogen (secondary N) is 3. The van der Waals surface area contributed by atoms with Gasteiger partial charge in [-0.3, -0.25) is 14.4 Å². The van der Waals surface area contributed by atoms with E-state index in [2.05, 4.69) is 16.0 Å². The molecule has 4 amide bonds. The zero-order valence-corrected chi connectivity index (χ0v) is 24.2. The van der Waals surface area contributed by atoms with Gasteiger partial charge in [0.05, 0.1) is 7.11 Å². The van der Waals surface area contributed by atoms with Crippen molar-refractivity contribution in [1.82, 2.24) is 20.9 Å². The van der Waals surface area contributed by atoms with Crippen LogP contribution in [0.5, 0.6) is 0 Å². The number of hydrogen-bond donors (Lipinski definition) is 3. The molecule has 0 bridgehead atoms. The molecule has 0 aromatic heterocycles. The number of piperidine rings is 1. The number of methoxy groups -OCH3 is 1. The fourth-order valence-electron chi connectivity index (χ4n) is 5.32. The van der Waals surface area contributed by atoms with Crippen LogP contribution in [0, 0.1) is 11.8 Å². The first-order valence-corrected chi connectivity index (χ1v) is 13.9. The molecule has 220 valence electrons. The fraction of sp³-hybridized carbons (Fsp3) is 0.607. The van der Waals surface area contributed by atoms with Gasteiger partial charge >= 0.3 is 12.1 Å². The van der Waals surface area contributed by atoms with Gasteiger partial charge in [0.1, 0.15) is 18.7 Å². The smallest absolute Gasteiger partial charge is 0.408 e. The number of carbonyl (C=O) groups excluding carboxylic acids is 5. The summed E-state index contributed by atoms with van der Waals surface area (Å²) in [5.41, 5.74) is 0.255. The highest BCUT2D eigenvalue weighted by atomic mass is 35.5. The molecule has 2 unspecified atom stereocenters. The summed E-state index contributed by atoms with van der Waals surface area (Å²) in [4.78, 5) is 64.8. The zero-order valence-electron chi connectivity index (χ0n) is 23.5. The molecule has 1 aromatic rings. The molecule has 0 saturated carbocycles. The van der Waals surface area contributed by atoms with E-state index in [1.165, 1.54) is 14.0 Å². The Morgan fingerprint density at radius 2 is 1.85 bits per heavy atom. The van der Waals surface area contributed by atoms with Crippen LogP contribution in [0.25, 0.3) is 0 Å². The van der Waals surface area contributed by atoms with E-state index >= 15 is 0 Å². The lowest BCUT2D eigenvalue weighted by molar-refractivity contribution is -0.146. The molecule has 3 rings (SSSR count). The van der Waals surface area contributed by atoms with E-state index < -0.39 is 41.5 Å². The van der Waals surface area contributed by atoms with Crippen molar-refractivity contribution in [2.75, 3.05) is 20.2 Å². The Bertz CT molecular complexity index is 1100. The van der Waals surface area contributed by atoms with Gasteiger partial charge in [-0.2, -0.15) is 0 Å². The maximum atomic E-state index is 13.3. The summed E-state index contributed by atoms with van der Waals surface area (Å²) in [6, 6.07) is 4.82. The van der Waals surface area contributed by atoms with Crippen molar-refractivity contribution in [1.29, 1.82) is 0 Å². The Balaban J connectivity index is 1.62. The summed E-state index contributed by atoms with van der Waals surface area (Å²) in [6.07, 6.45) is 1.31. The van der Waals surface area contributed by atoms with Crippen LogP contribution in [0.2, 0.25) is 5.02 Å². The van der Waals surface area contributed by atoms with Crippen LogP contribution in [-0.4, -0.2) is 72.5 Å². The van der Waals surface area contributed by atoms with Crippen molar-refractivity contribution in [3.8, 4) is 0 Å². The lowest BCUT2D eigenvalue weighted by atomic mass is 9.82. The second-order valence-electron chi connectivity index (χ2n) is 11.0. The predicted octanol–water partition coefficient (Wildman–Crippen LogP) is 2.55. The number of nitrogens with zero attached hydrogens (tertiary/aromatic N) is 1. The summed E-state index contributed by atoms with van der Waals surface area (Å²) in [5.74, 6) is -1.93. The number of halogens is 1. The molecule has 2 aliphatic rings. The van der Waals surface area contributed by atoms with Crippen LogP contribution in [0.1, 0.15) is 58.4 Å². The Kier molecular flexibility index (Phi) is 10.8. The second-order valence-corrected chi connectivity index (χ2v) is 11.5. The van der Waals surface area contributed by atoms with Crippen molar-refractivity contribution >= 4 is 41.4 Å². The summed E-state index contributed by atoms with van der Waals surface area (Å²) in [6.45, 7) is 6.40. The number of benzene rings is 1. The van der Waals surface area contributed by atoms with Crippen LogP contribution in [0.15, 0.2) is 24.3 Å². The number of esters is 1. The maximum absolute atomic E-state index is 13.3. The van der Waals surface area contributed by atoms with Gasteiger partial charge in [0, 0.05) is 36.5 Å². The van der Waals surface area contributed by atoms with Gasteiger partial charge in [-0.05, 0) is 55.7 Å². The first kappa shape index (κ1) is 31.2. The average Bonchev–Trinajstić information content (AvgIpc) is 3.19. The maximum Gasteiger partial charge on any atom is 0.408 e. The molecule has 3 N–H and O–H groups in total. The summed E-state index contributed by atoms with van der Waals surface area (Å²) in [5, 5.41) is 8.86. The van der Waals surface area contributed by atoms with Crippen molar-refractivity contribution in [3.63, 3.8) is 0 Å². The molecule has 2 saturated heterocycles. The molecule has 1 spiro atoms. The monoisotopic (exact) mass is 578 g/mol. The Morgan fingerprint density at radius 1 is 1.15 bits per heavy atom. The van der Waals surface area contributed by atoms with Crippen LogP contribution >= 0.6 is 11.6 Å². The van der Waals surface area contributed by atoms with Gasteiger partial charge in [0.15, 0.2) is 0 Å². The number of rotatable bonds is 10. The van der Waals surface area contributed by atoms with Gasteiger partial charge in [-0.1, -0.05) is 37.6 Å². The van der Waals surface area contributed by atoms with Gasteiger partial charge in [-0.25, -0.2) is 9.59 Å². The summed E-state index contributed by atoms with van der Waals surface area (Å²) < 4.78 is 10.2. The van der Waals surface area contributed by atoms with Crippen LogP contribution < -0.4 is 16.0 Å². The Hall–Kier alpha value is -3.34. The molecule has 12 heteroatoms. The van der Waals surface area contributed by atoms with Crippen LogP contribution in [0.4, 0.5) is 4.79 Å². The molecule has 3 atom stereocenters. The van der Waals surface area contributed by atoms with E-state index in [1.54, 1.807) is 29.2 Å². The second kappa shape index (κ2) is 13.8. The molecule has 11 nitrogen and oxygen atoms in total. The molecule has 0 radical (unpaired) electrons. The highest BCUT2D eigenvalue weighted by molar-refractivity contribution is 6.30. The summed E-state index contributed by atoms with van der Waals surface area (Å²) >= 11 is 5.97. The number of carbonyl (C=O) groups is 5. The Labute approximate surface area is 239 Å². The third kappa shape index (κ3) is 8.58. The van der Waals surface area contributed by atoms with E-state index in [0.29, 0.717) is 49.4 Å². The predicted molar refractivity (Wildman–Crippen MR) is 147 cm³/mol. The SMILES string of the molecule is COC(=O)C(CC1CC2(CCN(C(C)=O)CC2)NC1=O)NC(=O)[C@H](CC(C)C)NC(=O)OCc1cccc(Cl)c1. The van der Waals surface area contributed by atoms with Gasteiger partial charge < -0.3 is 30.3 Å². The number of alkyl carbamates (subject to hydrolysis) is 1. The minimum atomic E-state index is -1.08. The number of ether oxygens (including phenoxy) is 2. The zero-order chi connectivity index (χ0) is 29.4. The lowest BCUT2D eigenvalue weighted by Crippen LogP contribution is -2.53. The largest absolute Gasteiger partial charge is 0.467 e. The van der Waals surface area contributed by atoms with E-state index in [1.807, 2.05) is 13.8 Å². The molecule has 40 heavy (non-hydrogen) atoms. The first-order chi connectivity index (χ1) is 18.9. The molecule has 1 aromatic carbocycles. The summed E-state index contributed by atoms with van der Waals surface area (Å²) in [7, 11) is 1.21. The number of likely N-dealkylation sites (tertiary alicyclic amines) is 1. The molecular formula is C28H39ClN4O7. The molecule has 0 aliphatic carbocycles. The Morgan fingerprint density at radius 3 is 2.45 bits per heavy atom. The number of hydrogen-bond acceptors (Lipinski definition) is 7. The number of amides is 4. The van der Waals surface area contributed by atoms with Crippen LogP contribution in [-0.2, 0) is 35.3 Å². The topological polar surface area (TPSA) is 143 Å². The van der Waals surface area contributed by atoms with E-state index in [9.17, 15) is 24.0 Å². The molecule has 2 fully saturated rings. The van der Waals surface area contributed by atoms with Gasteiger partial charge in [0.25, 0.3) is 0 Å². The molecule has 2 heterocycles. The lowest BCUT2D eigenvalue weighted by Gasteiger charge is -2.39. The normalized spacial score (nSPS) is 19.5. The molecular weight excluding hydrogens is 540 g/mol. The van der Waals surface area contributed by atoms with Crippen molar-refractivity contribution in [2.45, 2.75) is 77.1 Å². The molecule has 2 aliphatic heterocycles. The minimum Gasteiger partial charge on any atom is -0.467 e. The van der Waals surface area contributed by atoms with Crippen LogP contribution in [0.3, 0.4) is 0 Å². The van der Waals surface area contributed by atoms with E-state index in [4.69, 9.17) is 21.1 Å². The third-order valence-corrected chi connectivity index (χ3v) is 7.69. The van der Waals surface area contributed by atoms with Crippen molar-refractivity contribution < 1.29 is 33.4 Å². The highest BCUT2D eigenvalue weighted by Crippen LogP contribution is 2.36. The third-order valence-electron chi connectivity index (χ3n) is 7.46. The van der Waals surface area contributed by atoms with E-state index in [0.717, 1.165) is 0 Å². The van der Waals surface area contributed by atoms with E-state index in [-0.39, 0.29) is 30.8 Å². The van der Waals surface area contributed by atoms with Gasteiger partial charge in [0.2, 0.25) is 17.7 Å². The van der Waals surface area contributed by atoms with Gasteiger partial charge in [-0.15, -0.1) is 0 Å². The fourth-order valence-corrected chi connectivity index (χ4v) is 5.54. The standard InChI is InChI=1S/C28H39ClN4O7/c1-17(2)12-22(31-27(38)40-16-19-6-5-7-21(29)13-19)25(36)30-23(26(37)39-4)14-20-15-28(32-24(20)35)8-10-33(11-9-28)18(3)34/h5-7,13,17,20,22-23H,8-12,14-16H2,1-4H3,(H,30,36)(H,31,38)(H,32,35)/t20?,22-,23?/m0/s1. The highest BCUT2D eigenvalue weighted by Gasteiger charge is 2.47. The quantitative estimate of drug-likeness (QED) is 0.362. The average molecular weight is 579 g/mol. The minimum absolute atomic E-state index is 0.00194.